The summed E-state index contributed by atoms with van der Waals surface area (Å²) in [6, 6.07) is 10.2. The Bertz CT molecular complexity index is 1150. The van der Waals surface area contributed by atoms with Gasteiger partial charge in [-0.05, 0) is 31.2 Å². The van der Waals surface area contributed by atoms with Crippen LogP contribution in [0.3, 0.4) is 0 Å². The Labute approximate surface area is 187 Å². The number of nitrogens with zero attached hydrogens (tertiary/aromatic N) is 2. The van der Waals surface area contributed by atoms with E-state index < -0.39 is 11.9 Å². The van der Waals surface area contributed by atoms with Crippen LogP contribution >= 0.6 is 22.9 Å². The fourth-order valence-corrected chi connectivity index (χ4v) is 3.97. The summed E-state index contributed by atoms with van der Waals surface area (Å²) in [5, 5.41) is 0.569. The Morgan fingerprint density at radius 2 is 1.77 bits per heavy atom. The first-order chi connectivity index (χ1) is 14.9. The standard InChI is InChI=1S/C21H21ClN2O6S/c1-4-29-20(26)11-24-15-9-16(27-2)17(28-3)10-18(15)31-21(24)23-19(25)12-30-14-7-5-13(22)6-8-14/h5-10H,4,11-12H2,1-3H3. The summed E-state index contributed by atoms with van der Waals surface area (Å²) in [6.45, 7) is 1.61. The van der Waals surface area contributed by atoms with E-state index in [1.54, 1.807) is 47.9 Å². The molecule has 1 heterocycles. The van der Waals surface area contributed by atoms with Crippen LogP contribution in [0.15, 0.2) is 41.4 Å². The third-order valence-electron chi connectivity index (χ3n) is 4.18. The van der Waals surface area contributed by atoms with Crippen molar-refractivity contribution in [3.8, 4) is 17.2 Å². The van der Waals surface area contributed by atoms with E-state index in [9.17, 15) is 9.59 Å². The number of carbonyl (C=O) groups excluding carboxylic acids is 2. The summed E-state index contributed by atoms with van der Waals surface area (Å²) in [4.78, 5) is 29.1. The lowest BCUT2D eigenvalue weighted by atomic mass is 10.3. The van der Waals surface area contributed by atoms with Gasteiger partial charge in [0.15, 0.2) is 22.9 Å². The Kier molecular flexibility index (Phi) is 7.54. The molecule has 0 saturated heterocycles. The van der Waals surface area contributed by atoms with Gasteiger partial charge in [-0.15, -0.1) is 0 Å². The van der Waals surface area contributed by atoms with Crippen molar-refractivity contribution in [2.45, 2.75) is 13.5 Å². The van der Waals surface area contributed by atoms with Gasteiger partial charge < -0.3 is 23.5 Å². The van der Waals surface area contributed by atoms with Crippen molar-refractivity contribution in [1.29, 1.82) is 0 Å². The zero-order chi connectivity index (χ0) is 22.4. The molecular formula is C21H21ClN2O6S. The van der Waals surface area contributed by atoms with E-state index in [-0.39, 0.29) is 19.8 Å². The third kappa shape index (κ3) is 5.56. The van der Waals surface area contributed by atoms with E-state index in [1.165, 1.54) is 25.6 Å². The van der Waals surface area contributed by atoms with Crippen molar-refractivity contribution >= 4 is 45.0 Å². The Balaban J connectivity index is 1.96. The monoisotopic (exact) mass is 464 g/mol. The van der Waals surface area contributed by atoms with Crippen LogP contribution in [0.5, 0.6) is 17.2 Å². The second-order valence-electron chi connectivity index (χ2n) is 6.20. The normalized spacial score (nSPS) is 11.4. The molecule has 164 valence electrons. The van der Waals surface area contributed by atoms with E-state index in [4.69, 9.17) is 30.5 Å². The molecule has 1 aromatic heterocycles. The van der Waals surface area contributed by atoms with E-state index in [0.717, 1.165) is 4.70 Å². The number of rotatable bonds is 8. The summed E-state index contributed by atoms with van der Waals surface area (Å²) in [5.74, 6) is 0.581. The van der Waals surface area contributed by atoms with Crippen LogP contribution < -0.4 is 19.0 Å². The molecule has 0 aliphatic heterocycles. The predicted molar refractivity (Wildman–Crippen MR) is 117 cm³/mol. The molecule has 0 N–H and O–H groups in total. The number of hydrogen-bond donors (Lipinski definition) is 0. The highest BCUT2D eigenvalue weighted by Crippen LogP contribution is 2.33. The van der Waals surface area contributed by atoms with Gasteiger partial charge in [-0.1, -0.05) is 22.9 Å². The van der Waals surface area contributed by atoms with Gasteiger partial charge in [0.25, 0.3) is 5.91 Å². The maximum Gasteiger partial charge on any atom is 0.326 e. The number of carbonyl (C=O) groups is 2. The van der Waals surface area contributed by atoms with Gasteiger partial charge in [0.1, 0.15) is 12.3 Å². The van der Waals surface area contributed by atoms with Crippen LogP contribution in [-0.4, -0.2) is 43.9 Å². The number of aromatic nitrogens is 1. The lowest BCUT2D eigenvalue weighted by Gasteiger charge is -2.09. The Morgan fingerprint density at radius 3 is 2.42 bits per heavy atom. The zero-order valence-electron chi connectivity index (χ0n) is 17.2. The summed E-state index contributed by atoms with van der Waals surface area (Å²) in [6.07, 6.45) is 0. The maximum absolute atomic E-state index is 12.4. The first-order valence-electron chi connectivity index (χ1n) is 9.32. The van der Waals surface area contributed by atoms with Crippen LogP contribution in [0, 0.1) is 0 Å². The molecule has 3 rings (SSSR count). The molecule has 3 aromatic rings. The highest BCUT2D eigenvalue weighted by Gasteiger charge is 2.16. The van der Waals surface area contributed by atoms with Crippen molar-refractivity contribution in [3.63, 3.8) is 0 Å². The average Bonchev–Trinajstić information content (AvgIpc) is 3.08. The molecule has 1 amide bonds. The maximum atomic E-state index is 12.4. The molecule has 0 bridgehead atoms. The van der Waals surface area contributed by atoms with Gasteiger partial charge in [-0.25, -0.2) is 0 Å². The molecule has 0 radical (unpaired) electrons. The van der Waals surface area contributed by atoms with E-state index in [2.05, 4.69) is 4.99 Å². The van der Waals surface area contributed by atoms with Crippen molar-refractivity contribution in [2.24, 2.45) is 4.99 Å². The average molecular weight is 465 g/mol. The highest BCUT2D eigenvalue weighted by molar-refractivity contribution is 7.16. The summed E-state index contributed by atoms with van der Waals surface area (Å²) in [5.41, 5.74) is 0.667. The van der Waals surface area contributed by atoms with Crippen molar-refractivity contribution < 1.29 is 28.5 Å². The molecule has 0 aliphatic rings. The summed E-state index contributed by atoms with van der Waals surface area (Å²) < 4.78 is 23.6. The summed E-state index contributed by atoms with van der Waals surface area (Å²) in [7, 11) is 3.06. The molecule has 0 spiro atoms. The number of hydrogen-bond acceptors (Lipinski definition) is 7. The molecule has 0 atom stereocenters. The van der Waals surface area contributed by atoms with Gasteiger partial charge in [0.2, 0.25) is 0 Å². The van der Waals surface area contributed by atoms with Gasteiger partial charge in [0.05, 0.1) is 31.0 Å². The number of methoxy groups -OCH3 is 2. The molecule has 31 heavy (non-hydrogen) atoms. The Morgan fingerprint density at radius 1 is 1.10 bits per heavy atom. The zero-order valence-corrected chi connectivity index (χ0v) is 18.8. The predicted octanol–water partition coefficient (Wildman–Crippen LogP) is 3.44. The molecule has 8 nitrogen and oxygen atoms in total. The van der Waals surface area contributed by atoms with E-state index in [0.29, 0.717) is 32.6 Å². The van der Waals surface area contributed by atoms with Gasteiger partial charge in [-0.3, -0.25) is 9.59 Å². The molecular weight excluding hydrogens is 444 g/mol. The highest BCUT2D eigenvalue weighted by atomic mass is 35.5. The van der Waals surface area contributed by atoms with Gasteiger partial charge in [0, 0.05) is 17.2 Å². The quantitative estimate of drug-likeness (QED) is 0.474. The SMILES string of the molecule is CCOC(=O)Cn1c(=NC(=O)COc2ccc(Cl)cc2)sc2cc(OC)c(OC)cc21. The third-order valence-corrected chi connectivity index (χ3v) is 5.47. The van der Waals surface area contributed by atoms with Gasteiger partial charge in [-0.2, -0.15) is 4.99 Å². The van der Waals surface area contributed by atoms with Crippen LogP contribution in [0.2, 0.25) is 5.02 Å². The minimum atomic E-state index is -0.502. The fourth-order valence-electron chi connectivity index (χ4n) is 2.79. The van der Waals surface area contributed by atoms with Crippen LogP contribution in [-0.2, 0) is 20.9 Å². The Hall–Kier alpha value is -3.04. The number of amides is 1. The second-order valence-corrected chi connectivity index (χ2v) is 7.64. The minimum absolute atomic E-state index is 0.104. The van der Waals surface area contributed by atoms with Crippen molar-refractivity contribution in [3.05, 3.63) is 46.2 Å². The first kappa shape index (κ1) is 22.6. The minimum Gasteiger partial charge on any atom is -0.493 e. The number of ether oxygens (including phenoxy) is 4. The first-order valence-corrected chi connectivity index (χ1v) is 10.5. The van der Waals surface area contributed by atoms with Crippen molar-refractivity contribution in [2.75, 3.05) is 27.4 Å². The lowest BCUT2D eigenvalue weighted by Crippen LogP contribution is -2.24. The summed E-state index contributed by atoms with van der Waals surface area (Å²) >= 11 is 7.09. The van der Waals surface area contributed by atoms with Gasteiger partial charge >= 0.3 is 5.97 Å². The van der Waals surface area contributed by atoms with Crippen molar-refractivity contribution in [1.82, 2.24) is 4.57 Å². The number of halogens is 1. The van der Waals surface area contributed by atoms with Crippen LogP contribution in [0.1, 0.15) is 6.92 Å². The number of fused-ring (bicyclic) bond motifs is 1. The van der Waals surface area contributed by atoms with E-state index in [1.807, 2.05) is 0 Å². The number of thiazole rings is 1. The smallest absolute Gasteiger partial charge is 0.326 e. The molecule has 2 aromatic carbocycles. The molecule has 0 saturated carbocycles. The number of esters is 1. The second kappa shape index (κ2) is 10.3. The molecule has 0 aliphatic carbocycles. The lowest BCUT2D eigenvalue weighted by molar-refractivity contribution is -0.143. The number of benzene rings is 2. The van der Waals surface area contributed by atoms with E-state index >= 15 is 0 Å². The van der Waals surface area contributed by atoms with Crippen LogP contribution in [0.25, 0.3) is 10.2 Å². The molecule has 10 heteroatoms. The fraction of sp³-hybridized carbons (Fsp3) is 0.286. The molecule has 0 unspecified atom stereocenters. The molecule has 0 fully saturated rings. The topological polar surface area (TPSA) is 88.4 Å². The largest absolute Gasteiger partial charge is 0.493 e. The van der Waals surface area contributed by atoms with Crippen LogP contribution in [0.4, 0.5) is 0 Å².